The Hall–Kier alpha value is -4.16. The summed E-state index contributed by atoms with van der Waals surface area (Å²) in [5, 5.41) is 20.4. The number of nitrogens with zero attached hydrogens (tertiary/aromatic N) is 4. The first-order valence-corrected chi connectivity index (χ1v) is 12.7. The number of amides is 2. The molecule has 0 unspecified atom stereocenters. The summed E-state index contributed by atoms with van der Waals surface area (Å²) in [4.78, 5) is 26.8. The number of aromatic nitrogens is 2. The number of para-hydroxylation sites is 1. The van der Waals surface area contributed by atoms with Gasteiger partial charge in [-0.2, -0.15) is 10.4 Å². The van der Waals surface area contributed by atoms with Crippen molar-refractivity contribution in [3.63, 3.8) is 0 Å². The van der Waals surface area contributed by atoms with Crippen molar-refractivity contribution in [3.05, 3.63) is 71.9 Å². The van der Waals surface area contributed by atoms with Gasteiger partial charge in [-0.1, -0.05) is 30.3 Å². The summed E-state index contributed by atoms with van der Waals surface area (Å²) >= 11 is 0. The Morgan fingerprint density at radius 2 is 1.81 bits per heavy atom. The molecule has 1 saturated heterocycles. The van der Waals surface area contributed by atoms with Crippen molar-refractivity contribution in [3.8, 4) is 6.07 Å². The molecule has 1 aliphatic heterocycles. The van der Waals surface area contributed by atoms with E-state index in [1.54, 1.807) is 10.9 Å². The van der Waals surface area contributed by atoms with Crippen molar-refractivity contribution in [1.29, 1.82) is 5.26 Å². The molecule has 2 amide bonds. The minimum Gasteiger partial charge on any atom is -0.365 e. The zero-order chi connectivity index (χ0) is 25.8. The third-order valence-corrected chi connectivity index (χ3v) is 7.25. The van der Waals surface area contributed by atoms with Crippen LogP contribution in [0.5, 0.6) is 0 Å². The average Bonchev–Trinajstić information content (AvgIpc) is 3.66. The molecule has 0 atom stereocenters. The molecule has 2 heterocycles. The van der Waals surface area contributed by atoms with Gasteiger partial charge in [-0.25, -0.2) is 0 Å². The predicted molar refractivity (Wildman–Crippen MR) is 141 cm³/mol. The number of nitrogens with one attached hydrogen (secondary N) is 2. The minimum atomic E-state index is -0.647. The quantitative estimate of drug-likeness (QED) is 0.410. The van der Waals surface area contributed by atoms with E-state index in [0.717, 1.165) is 43.9 Å². The highest BCUT2D eigenvalue weighted by Gasteiger charge is 2.39. The Labute approximate surface area is 216 Å². The van der Waals surface area contributed by atoms with E-state index >= 15 is 0 Å². The van der Waals surface area contributed by atoms with Gasteiger partial charge < -0.3 is 16.4 Å². The molecule has 9 nitrogen and oxygen atoms in total. The number of primary amides is 1. The molecule has 0 bridgehead atoms. The van der Waals surface area contributed by atoms with Gasteiger partial charge in [0, 0.05) is 43.1 Å². The molecule has 0 radical (unpaired) electrons. The van der Waals surface area contributed by atoms with Gasteiger partial charge >= 0.3 is 0 Å². The van der Waals surface area contributed by atoms with Gasteiger partial charge in [0.15, 0.2) is 5.82 Å². The lowest BCUT2D eigenvalue weighted by Gasteiger charge is -2.40. The van der Waals surface area contributed by atoms with Crippen molar-refractivity contribution < 1.29 is 9.59 Å². The number of carbonyl (C=O) groups excluding carboxylic acids is 2. The van der Waals surface area contributed by atoms with Crippen LogP contribution in [0.1, 0.15) is 48.0 Å². The molecule has 5 rings (SSSR count). The lowest BCUT2D eigenvalue weighted by atomic mass is 9.84. The molecular formula is C28H31N7O2. The number of anilines is 3. The summed E-state index contributed by atoms with van der Waals surface area (Å²) in [5.41, 5.74) is 8.49. The van der Waals surface area contributed by atoms with E-state index in [9.17, 15) is 14.9 Å². The maximum atomic E-state index is 12.3. The van der Waals surface area contributed by atoms with Gasteiger partial charge in [-0.05, 0) is 55.5 Å². The first-order valence-electron chi connectivity index (χ1n) is 12.7. The van der Waals surface area contributed by atoms with Crippen LogP contribution in [-0.2, 0) is 16.9 Å². The topological polar surface area (TPSA) is 129 Å². The monoisotopic (exact) mass is 497 g/mol. The predicted octanol–water partition coefficient (Wildman–Crippen LogP) is 3.98. The number of carbonyl (C=O) groups is 2. The standard InChI is InChI=1S/C28H31N7O2/c29-14-11-28(35-19-24(25(30)36)26(33-35)32-27(37)21-9-10-21)12-15-34(16-13-28)18-20-5-4-8-23(17-20)31-22-6-2-1-3-7-22/h1-8,17,19,21,31H,9-13,15-16,18H2,(H2,30,36)(H,32,33,37). The molecule has 3 aromatic rings. The first kappa shape index (κ1) is 24.5. The maximum absolute atomic E-state index is 12.3. The van der Waals surface area contributed by atoms with Crippen molar-refractivity contribution in [1.82, 2.24) is 14.7 Å². The van der Waals surface area contributed by atoms with Crippen LogP contribution in [0.2, 0.25) is 0 Å². The summed E-state index contributed by atoms with van der Waals surface area (Å²) in [5.74, 6) is -0.623. The Morgan fingerprint density at radius 1 is 1.08 bits per heavy atom. The largest absolute Gasteiger partial charge is 0.365 e. The molecule has 9 heteroatoms. The summed E-state index contributed by atoms with van der Waals surface area (Å²) in [6, 6.07) is 20.8. The molecule has 4 N–H and O–H groups in total. The Bertz CT molecular complexity index is 1320. The lowest BCUT2D eigenvalue weighted by Crippen LogP contribution is -2.46. The molecule has 1 aliphatic carbocycles. The molecule has 2 aliphatic rings. The fourth-order valence-corrected chi connectivity index (χ4v) is 4.91. The smallest absolute Gasteiger partial charge is 0.254 e. The number of benzene rings is 2. The van der Waals surface area contributed by atoms with E-state index in [4.69, 9.17) is 5.73 Å². The minimum absolute atomic E-state index is 0.0245. The number of rotatable bonds is 9. The van der Waals surface area contributed by atoms with Crippen LogP contribution < -0.4 is 16.4 Å². The first-order chi connectivity index (χ1) is 18.0. The maximum Gasteiger partial charge on any atom is 0.254 e. The summed E-state index contributed by atoms with van der Waals surface area (Å²) < 4.78 is 1.70. The molecule has 0 spiro atoms. The fraction of sp³-hybridized carbons (Fsp3) is 0.357. The van der Waals surface area contributed by atoms with Crippen LogP contribution in [0.25, 0.3) is 0 Å². The number of hydrogen-bond donors (Lipinski definition) is 3. The van der Waals surface area contributed by atoms with Gasteiger partial charge in [0.1, 0.15) is 5.56 Å². The van der Waals surface area contributed by atoms with Gasteiger partial charge in [-0.3, -0.25) is 19.2 Å². The second-order valence-electron chi connectivity index (χ2n) is 9.99. The van der Waals surface area contributed by atoms with E-state index in [1.165, 1.54) is 5.56 Å². The fourth-order valence-electron chi connectivity index (χ4n) is 4.91. The van der Waals surface area contributed by atoms with E-state index < -0.39 is 11.4 Å². The van der Waals surface area contributed by atoms with Crippen LogP contribution in [-0.4, -0.2) is 39.6 Å². The highest BCUT2D eigenvalue weighted by Crippen LogP contribution is 2.36. The van der Waals surface area contributed by atoms with Gasteiger partial charge in [0.2, 0.25) is 5.91 Å². The summed E-state index contributed by atoms with van der Waals surface area (Å²) in [6.07, 6.45) is 4.93. The normalized spacial score (nSPS) is 17.1. The number of nitriles is 1. The highest BCUT2D eigenvalue weighted by atomic mass is 16.2. The zero-order valence-electron chi connectivity index (χ0n) is 20.7. The van der Waals surface area contributed by atoms with Crippen LogP contribution >= 0.6 is 0 Å². The van der Waals surface area contributed by atoms with Gasteiger partial charge in [0.25, 0.3) is 5.91 Å². The van der Waals surface area contributed by atoms with Crippen LogP contribution in [0.4, 0.5) is 17.2 Å². The zero-order valence-corrected chi connectivity index (χ0v) is 20.7. The summed E-state index contributed by atoms with van der Waals surface area (Å²) in [6.45, 7) is 2.34. The number of hydrogen-bond acceptors (Lipinski definition) is 6. The van der Waals surface area contributed by atoms with Crippen LogP contribution in [0.3, 0.4) is 0 Å². The average molecular weight is 498 g/mol. The van der Waals surface area contributed by atoms with Gasteiger partial charge in [-0.15, -0.1) is 0 Å². The van der Waals surface area contributed by atoms with Crippen molar-refractivity contribution in [2.45, 2.75) is 44.2 Å². The Balaban J connectivity index is 1.28. The highest BCUT2D eigenvalue weighted by molar-refractivity contribution is 6.02. The second kappa shape index (κ2) is 10.4. The lowest BCUT2D eigenvalue weighted by molar-refractivity contribution is -0.117. The van der Waals surface area contributed by atoms with E-state index in [-0.39, 0.29) is 29.6 Å². The van der Waals surface area contributed by atoms with Crippen LogP contribution in [0, 0.1) is 17.2 Å². The van der Waals surface area contributed by atoms with Crippen molar-refractivity contribution >= 4 is 29.0 Å². The molecule has 2 fully saturated rings. The third kappa shape index (κ3) is 5.65. The molecule has 2 aromatic carbocycles. The molecular weight excluding hydrogens is 466 g/mol. The Kier molecular flexibility index (Phi) is 6.93. The number of likely N-dealkylation sites (tertiary alicyclic amines) is 1. The summed E-state index contributed by atoms with van der Waals surface area (Å²) in [7, 11) is 0. The third-order valence-electron chi connectivity index (χ3n) is 7.25. The number of piperidine rings is 1. The number of nitrogens with two attached hydrogens (primary N) is 1. The van der Waals surface area contributed by atoms with Crippen molar-refractivity contribution in [2.75, 3.05) is 23.7 Å². The van der Waals surface area contributed by atoms with Crippen molar-refractivity contribution in [2.24, 2.45) is 11.7 Å². The molecule has 1 aromatic heterocycles. The van der Waals surface area contributed by atoms with Gasteiger partial charge in [0.05, 0.1) is 18.0 Å². The molecule has 37 heavy (non-hydrogen) atoms. The molecule has 1 saturated carbocycles. The van der Waals surface area contributed by atoms with E-state index in [2.05, 4.69) is 51.0 Å². The van der Waals surface area contributed by atoms with E-state index in [1.807, 2.05) is 30.3 Å². The Morgan fingerprint density at radius 3 is 2.49 bits per heavy atom. The van der Waals surface area contributed by atoms with E-state index in [0.29, 0.717) is 12.8 Å². The van der Waals surface area contributed by atoms with Crippen LogP contribution in [0.15, 0.2) is 60.8 Å². The SMILES string of the molecule is N#CCC1(n2cc(C(N)=O)c(NC(=O)C3CC3)n2)CCN(Cc2cccc(Nc3ccccc3)c2)CC1. The second-order valence-corrected chi connectivity index (χ2v) is 9.99. The molecule has 190 valence electrons.